The maximum Gasteiger partial charge on any atom is 0.336 e. The van der Waals surface area contributed by atoms with Crippen molar-refractivity contribution in [1.29, 1.82) is 0 Å². The fourth-order valence-corrected chi connectivity index (χ4v) is 2.79. The van der Waals surface area contributed by atoms with Crippen LogP contribution >= 0.6 is 0 Å². The lowest BCUT2D eigenvalue weighted by Crippen LogP contribution is -2.11. The highest BCUT2D eigenvalue weighted by atomic mass is 16.5. The fourth-order valence-electron chi connectivity index (χ4n) is 2.79. The predicted octanol–water partition coefficient (Wildman–Crippen LogP) is 4.23. The van der Waals surface area contributed by atoms with Crippen LogP contribution in [0.3, 0.4) is 0 Å². The van der Waals surface area contributed by atoms with Crippen molar-refractivity contribution in [3.63, 3.8) is 0 Å². The van der Waals surface area contributed by atoms with Gasteiger partial charge in [0.25, 0.3) is 0 Å². The lowest BCUT2D eigenvalue weighted by Gasteiger charge is -2.10. The number of carbonyl (C=O) groups is 1. The minimum atomic E-state index is -0.461. The summed E-state index contributed by atoms with van der Waals surface area (Å²) in [5, 5.41) is 0.764. The molecule has 3 aromatic rings. The summed E-state index contributed by atoms with van der Waals surface area (Å²) >= 11 is 0. The van der Waals surface area contributed by atoms with E-state index in [1.807, 2.05) is 51.1 Å². The van der Waals surface area contributed by atoms with E-state index in [-0.39, 0.29) is 25.6 Å². The van der Waals surface area contributed by atoms with Gasteiger partial charge >= 0.3 is 11.6 Å². The molecule has 140 valence electrons. The number of hydrogen-bond donors (Lipinski definition) is 0. The Hall–Kier alpha value is -3.08. The van der Waals surface area contributed by atoms with Crippen molar-refractivity contribution in [1.82, 2.24) is 0 Å². The van der Waals surface area contributed by atoms with E-state index < -0.39 is 5.63 Å². The number of hydrogen-bond acceptors (Lipinski definition) is 5. The second-order valence-corrected chi connectivity index (χ2v) is 6.62. The van der Waals surface area contributed by atoms with Gasteiger partial charge in [0.1, 0.15) is 17.9 Å². The molecular weight excluding hydrogens is 344 g/mol. The third-order valence-electron chi connectivity index (χ3n) is 4.28. The van der Waals surface area contributed by atoms with Gasteiger partial charge in [0.15, 0.2) is 0 Å². The largest absolute Gasteiger partial charge is 0.493 e. The van der Waals surface area contributed by atoms with Gasteiger partial charge in [0.2, 0.25) is 0 Å². The van der Waals surface area contributed by atoms with Crippen molar-refractivity contribution >= 4 is 16.9 Å². The van der Waals surface area contributed by atoms with E-state index >= 15 is 0 Å². The summed E-state index contributed by atoms with van der Waals surface area (Å²) in [7, 11) is 0. The molecule has 0 spiro atoms. The van der Waals surface area contributed by atoms with E-state index in [0.29, 0.717) is 11.1 Å². The van der Waals surface area contributed by atoms with Crippen molar-refractivity contribution in [2.24, 2.45) is 0 Å². The Kier molecular flexibility index (Phi) is 5.60. The van der Waals surface area contributed by atoms with Gasteiger partial charge in [-0.15, -0.1) is 0 Å². The second-order valence-electron chi connectivity index (χ2n) is 6.62. The normalized spacial score (nSPS) is 10.8. The van der Waals surface area contributed by atoms with Gasteiger partial charge in [0.05, 0.1) is 13.0 Å². The number of aryl methyl sites for hydroxylation is 3. The van der Waals surface area contributed by atoms with Gasteiger partial charge in [0, 0.05) is 17.0 Å². The highest BCUT2D eigenvalue weighted by Gasteiger charge is 2.10. The first-order valence-electron chi connectivity index (χ1n) is 8.81. The summed E-state index contributed by atoms with van der Waals surface area (Å²) < 4.78 is 16.2. The fraction of sp³-hybridized carbons (Fsp3) is 0.273. The van der Waals surface area contributed by atoms with E-state index in [0.717, 1.165) is 27.8 Å². The molecule has 0 bridgehead atoms. The van der Waals surface area contributed by atoms with Crippen LogP contribution in [0.5, 0.6) is 5.75 Å². The maximum atomic E-state index is 12.0. The third-order valence-corrected chi connectivity index (χ3v) is 4.28. The van der Waals surface area contributed by atoms with E-state index in [4.69, 9.17) is 13.9 Å². The zero-order valence-electron chi connectivity index (χ0n) is 15.7. The smallest absolute Gasteiger partial charge is 0.336 e. The first-order chi connectivity index (χ1) is 12.9. The molecule has 0 radical (unpaired) electrons. The SMILES string of the molecule is Cc1ccc(C)c(OCCC(=O)OCc2cc(=O)oc3cc(C)ccc23)c1. The summed E-state index contributed by atoms with van der Waals surface area (Å²) in [6, 6.07) is 12.9. The van der Waals surface area contributed by atoms with Crippen molar-refractivity contribution in [2.75, 3.05) is 6.61 Å². The molecule has 0 aliphatic heterocycles. The van der Waals surface area contributed by atoms with Crippen LogP contribution in [-0.2, 0) is 16.1 Å². The van der Waals surface area contributed by atoms with Crippen LogP contribution in [-0.4, -0.2) is 12.6 Å². The summed E-state index contributed by atoms with van der Waals surface area (Å²) in [6.07, 6.45) is 0.131. The first kappa shape index (κ1) is 18.7. The van der Waals surface area contributed by atoms with Gasteiger partial charge in [-0.3, -0.25) is 4.79 Å². The third kappa shape index (κ3) is 4.76. The molecule has 3 rings (SSSR count). The van der Waals surface area contributed by atoms with E-state index in [2.05, 4.69) is 0 Å². The summed E-state index contributed by atoms with van der Waals surface area (Å²) in [5.74, 6) is 0.388. The lowest BCUT2D eigenvalue weighted by atomic mass is 10.1. The molecule has 2 aromatic carbocycles. The average molecular weight is 366 g/mol. The molecule has 5 heteroatoms. The van der Waals surface area contributed by atoms with Gasteiger partial charge in [-0.25, -0.2) is 4.79 Å². The zero-order valence-corrected chi connectivity index (χ0v) is 15.7. The standard InChI is InChI=1S/C22H22O5/c1-14-4-6-16(3)19(10-14)25-9-8-21(23)26-13-17-12-22(24)27-20-11-15(2)5-7-18(17)20/h4-7,10-12H,8-9,13H2,1-3H3. The molecule has 0 unspecified atom stereocenters. The Bertz CT molecular complexity index is 1030. The Balaban J connectivity index is 1.59. The second kappa shape index (κ2) is 8.08. The minimum absolute atomic E-state index is 0.0213. The number of rotatable bonds is 6. The molecule has 0 fully saturated rings. The quantitative estimate of drug-likeness (QED) is 0.482. The van der Waals surface area contributed by atoms with Gasteiger partial charge in [-0.2, -0.15) is 0 Å². The van der Waals surface area contributed by atoms with Gasteiger partial charge < -0.3 is 13.9 Å². The summed E-state index contributed by atoms with van der Waals surface area (Å²) in [6.45, 7) is 6.12. The lowest BCUT2D eigenvalue weighted by molar-refractivity contribution is -0.145. The van der Waals surface area contributed by atoms with E-state index in [1.54, 1.807) is 6.07 Å². The molecule has 0 saturated carbocycles. The summed E-state index contributed by atoms with van der Waals surface area (Å²) in [4.78, 5) is 23.8. The molecule has 5 nitrogen and oxygen atoms in total. The average Bonchev–Trinajstić information content (AvgIpc) is 2.62. The van der Waals surface area contributed by atoms with Crippen LogP contribution in [0.4, 0.5) is 0 Å². The van der Waals surface area contributed by atoms with Crippen LogP contribution < -0.4 is 10.4 Å². The van der Waals surface area contributed by atoms with Crippen LogP contribution in [0, 0.1) is 20.8 Å². The molecule has 0 saturated heterocycles. The summed E-state index contributed by atoms with van der Waals surface area (Å²) in [5.41, 5.74) is 3.77. The number of benzene rings is 2. The molecule has 0 atom stereocenters. The highest BCUT2D eigenvalue weighted by Crippen LogP contribution is 2.20. The number of esters is 1. The predicted molar refractivity (Wildman–Crippen MR) is 103 cm³/mol. The minimum Gasteiger partial charge on any atom is -0.493 e. The van der Waals surface area contributed by atoms with Crippen molar-refractivity contribution < 1.29 is 18.7 Å². The maximum absolute atomic E-state index is 12.0. The number of carbonyl (C=O) groups excluding carboxylic acids is 1. The molecule has 27 heavy (non-hydrogen) atoms. The van der Waals surface area contributed by atoms with Crippen molar-refractivity contribution in [2.45, 2.75) is 33.8 Å². The highest BCUT2D eigenvalue weighted by molar-refractivity contribution is 5.81. The topological polar surface area (TPSA) is 65.7 Å². The molecule has 0 aliphatic carbocycles. The monoisotopic (exact) mass is 366 g/mol. The molecule has 0 N–H and O–H groups in total. The number of ether oxygens (including phenoxy) is 2. The molecule has 1 heterocycles. The van der Waals surface area contributed by atoms with Crippen LogP contribution in [0.15, 0.2) is 51.7 Å². The molecule has 1 aromatic heterocycles. The zero-order chi connectivity index (χ0) is 19.4. The Morgan fingerprint density at radius 1 is 1.00 bits per heavy atom. The van der Waals surface area contributed by atoms with E-state index in [9.17, 15) is 9.59 Å². The Morgan fingerprint density at radius 2 is 1.74 bits per heavy atom. The van der Waals surface area contributed by atoms with Crippen LogP contribution in [0.1, 0.15) is 28.7 Å². The van der Waals surface area contributed by atoms with Crippen molar-refractivity contribution in [3.8, 4) is 5.75 Å². The first-order valence-corrected chi connectivity index (χ1v) is 8.81. The van der Waals surface area contributed by atoms with Crippen LogP contribution in [0.2, 0.25) is 0 Å². The molecular formula is C22H22O5. The molecule has 0 amide bonds. The van der Waals surface area contributed by atoms with E-state index in [1.165, 1.54) is 6.07 Å². The van der Waals surface area contributed by atoms with Crippen molar-refractivity contribution in [3.05, 3.63) is 75.1 Å². The Morgan fingerprint density at radius 3 is 2.56 bits per heavy atom. The molecule has 0 aliphatic rings. The number of fused-ring (bicyclic) bond motifs is 1. The van der Waals surface area contributed by atoms with Gasteiger partial charge in [-0.05, 0) is 49.6 Å². The Labute approximate surface area is 157 Å². The van der Waals surface area contributed by atoms with Gasteiger partial charge in [-0.1, -0.05) is 24.3 Å². The van der Waals surface area contributed by atoms with Crippen LogP contribution in [0.25, 0.3) is 11.0 Å².